The van der Waals surface area contributed by atoms with Crippen molar-refractivity contribution in [3.05, 3.63) is 76.0 Å². The van der Waals surface area contributed by atoms with E-state index in [0.29, 0.717) is 24.5 Å². The first kappa shape index (κ1) is 26.3. The van der Waals surface area contributed by atoms with Gasteiger partial charge in [0.1, 0.15) is 18.1 Å². The number of amides is 1. The van der Waals surface area contributed by atoms with Gasteiger partial charge in [0, 0.05) is 29.4 Å². The van der Waals surface area contributed by atoms with Crippen LogP contribution >= 0.6 is 0 Å². The van der Waals surface area contributed by atoms with Crippen LogP contribution in [-0.4, -0.2) is 23.5 Å². The zero-order valence-corrected chi connectivity index (χ0v) is 22.1. The number of carbonyl (C=O) groups excluding carboxylic acids is 1. The molecule has 0 radical (unpaired) electrons. The first-order valence-corrected chi connectivity index (χ1v) is 12.6. The molecule has 0 aliphatic heterocycles. The molecule has 1 heterocycles. The second kappa shape index (κ2) is 11.9. The summed E-state index contributed by atoms with van der Waals surface area (Å²) in [4.78, 5) is 17.3. The molecule has 0 aliphatic carbocycles. The lowest BCUT2D eigenvalue weighted by Crippen LogP contribution is -2.22. The summed E-state index contributed by atoms with van der Waals surface area (Å²) in [5.74, 6) is 1.36. The van der Waals surface area contributed by atoms with Crippen molar-refractivity contribution in [2.45, 2.75) is 74.0 Å². The zero-order chi connectivity index (χ0) is 25.5. The third-order valence-electron chi connectivity index (χ3n) is 6.07. The van der Waals surface area contributed by atoms with Crippen molar-refractivity contribution in [2.24, 2.45) is 0 Å². The van der Waals surface area contributed by atoms with Crippen LogP contribution in [0.3, 0.4) is 0 Å². The van der Waals surface area contributed by atoms with E-state index < -0.39 is 0 Å². The van der Waals surface area contributed by atoms with Gasteiger partial charge in [-0.2, -0.15) is 0 Å². The molecule has 0 fully saturated rings. The number of hydrogen-bond acceptors (Lipinski definition) is 4. The standard InChI is InChI=1S/C30H38N2O3/c1-8-22-12-11-13-23(9-2)29(22)26-17-28(35-19(4)5)25(21(7)32-26)18-34-27-16-24(15-14-20(27)6)30(33)31-10-3/h11-17,19H,8-10,18H2,1-7H3,(H,31,33). The van der Waals surface area contributed by atoms with Crippen molar-refractivity contribution in [1.82, 2.24) is 10.3 Å². The lowest BCUT2D eigenvalue weighted by molar-refractivity contribution is 0.0955. The molecule has 0 spiro atoms. The van der Waals surface area contributed by atoms with E-state index in [1.54, 1.807) is 6.07 Å². The molecule has 3 aromatic rings. The molecule has 1 amide bonds. The van der Waals surface area contributed by atoms with E-state index in [4.69, 9.17) is 14.5 Å². The maximum Gasteiger partial charge on any atom is 0.251 e. The summed E-state index contributed by atoms with van der Waals surface area (Å²) in [6, 6.07) is 14.1. The molecule has 5 nitrogen and oxygen atoms in total. The van der Waals surface area contributed by atoms with Crippen LogP contribution in [0, 0.1) is 13.8 Å². The smallest absolute Gasteiger partial charge is 0.251 e. The number of hydrogen-bond donors (Lipinski definition) is 1. The van der Waals surface area contributed by atoms with Gasteiger partial charge >= 0.3 is 0 Å². The Hall–Kier alpha value is -3.34. The van der Waals surface area contributed by atoms with E-state index in [1.807, 2.05) is 46.8 Å². The third kappa shape index (κ3) is 6.21. The van der Waals surface area contributed by atoms with Gasteiger partial charge in [0.25, 0.3) is 5.91 Å². The van der Waals surface area contributed by atoms with Crippen molar-refractivity contribution >= 4 is 5.91 Å². The summed E-state index contributed by atoms with van der Waals surface area (Å²) >= 11 is 0. The topological polar surface area (TPSA) is 60.5 Å². The fourth-order valence-electron chi connectivity index (χ4n) is 4.21. The molecule has 2 aromatic carbocycles. The predicted molar refractivity (Wildman–Crippen MR) is 142 cm³/mol. The van der Waals surface area contributed by atoms with Crippen molar-refractivity contribution < 1.29 is 14.3 Å². The Balaban J connectivity index is 2.00. The molecule has 35 heavy (non-hydrogen) atoms. The van der Waals surface area contributed by atoms with Crippen LogP contribution in [0.15, 0.2) is 42.5 Å². The SMILES string of the molecule is CCNC(=O)c1ccc(C)c(OCc2c(OC(C)C)cc(-c3c(CC)cccc3CC)nc2C)c1. The van der Waals surface area contributed by atoms with Gasteiger partial charge in [-0.1, -0.05) is 38.1 Å². The Bertz CT molecular complexity index is 1160. The Morgan fingerprint density at radius 1 is 0.971 bits per heavy atom. The number of nitrogens with zero attached hydrogens (tertiary/aromatic N) is 1. The maximum atomic E-state index is 12.3. The molecular weight excluding hydrogens is 436 g/mol. The number of aryl methyl sites for hydroxylation is 4. The van der Waals surface area contributed by atoms with Gasteiger partial charge in [0.2, 0.25) is 0 Å². The van der Waals surface area contributed by atoms with Crippen LogP contribution in [0.1, 0.15) is 72.9 Å². The van der Waals surface area contributed by atoms with Crippen molar-refractivity contribution in [2.75, 3.05) is 6.54 Å². The third-order valence-corrected chi connectivity index (χ3v) is 6.07. The Kier molecular flexibility index (Phi) is 8.91. The zero-order valence-electron chi connectivity index (χ0n) is 22.1. The minimum Gasteiger partial charge on any atom is -0.490 e. The Morgan fingerprint density at radius 3 is 2.26 bits per heavy atom. The van der Waals surface area contributed by atoms with Crippen LogP contribution < -0.4 is 14.8 Å². The Morgan fingerprint density at radius 2 is 1.66 bits per heavy atom. The lowest BCUT2D eigenvalue weighted by Gasteiger charge is -2.20. The number of ether oxygens (including phenoxy) is 2. The average molecular weight is 475 g/mol. The fraction of sp³-hybridized carbons (Fsp3) is 0.400. The van der Waals surface area contributed by atoms with Crippen LogP contribution in [0.2, 0.25) is 0 Å². The number of nitrogens with one attached hydrogen (secondary N) is 1. The fourth-order valence-corrected chi connectivity index (χ4v) is 4.21. The van der Waals surface area contributed by atoms with E-state index >= 15 is 0 Å². The minimum absolute atomic E-state index is 0.0123. The highest BCUT2D eigenvalue weighted by atomic mass is 16.5. The molecule has 5 heteroatoms. The van der Waals surface area contributed by atoms with Crippen LogP contribution in [0.25, 0.3) is 11.3 Å². The Labute approximate surface area is 209 Å². The highest BCUT2D eigenvalue weighted by Crippen LogP contribution is 2.34. The van der Waals surface area contributed by atoms with Crippen molar-refractivity contribution in [3.8, 4) is 22.8 Å². The second-order valence-electron chi connectivity index (χ2n) is 9.02. The van der Waals surface area contributed by atoms with Crippen LogP contribution in [-0.2, 0) is 19.4 Å². The molecular formula is C30H38N2O3. The summed E-state index contributed by atoms with van der Waals surface area (Å²) in [6.45, 7) is 15.2. The molecule has 0 aliphatic rings. The average Bonchev–Trinajstić information content (AvgIpc) is 2.83. The van der Waals surface area contributed by atoms with Crippen LogP contribution in [0.4, 0.5) is 0 Å². The molecule has 0 saturated heterocycles. The van der Waals surface area contributed by atoms with Gasteiger partial charge in [-0.05, 0) is 76.3 Å². The lowest BCUT2D eigenvalue weighted by atomic mass is 9.94. The first-order valence-electron chi connectivity index (χ1n) is 12.6. The number of pyridine rings is 1. The number of carbonyl (C=O) groups is 1. The molecule has 0 unspecified atom stereocenters. The van der Waals surface area contributed by atoms with Gasteiger partial charge in [0.05, 0.1) is 17.4 Å². The van der Waals surface area contributed by atoms with E-state index in [2.05, 4.69) is 43.4 Å². The summed E-state index contributed by atoms with van der Waals surface area (Å²) in [6.07, 6.45) is 1.89. The van der Waals surface area contributed by atoms with E-state index in [1.165, 1.54) is 16.7 Å². The molecule has 3 rings (SSSR count). The number of benzene rings is 2. The highest BCUT2D eigenvalue weighted by Gasteiger charge is 2.18. The molecule has 0 bridgehead atoms. The van der Waals surface area contributed by atoms with Gasteiger partial charge < -0.3 is 14.8 Å². The number of rotatable bonds is 10. The van der Waals surface area contributed by atoms with Crippen molar-refractivity contribution in [1.29, 1.82) is 0 Å². The largest absolute Gasteiger partial charge is 0.490 e. The molecule has 186 valence electrons. The van der Waals surface area contributed by atoms with E-state index in [9.17, 15) is 4.79 Å². The van der Waals surface area contributed by atoms with Crippen molar-refractivity contribution in [3.63, 3.8) is 0 Å². The summed E-state index contributed by atoms with van der Waals surface area (Å²) in [5.41, 5.74) is 8.05. The molecule has 0 saturated carbocycles. The first-order chi connectivity index (χ1) is 16.8. The van der Waals surface area contributed by atoms with Gasteiger partial charge in [-0.3, -0.25) is 9.78 Å². The minimum atomic E-state index is -0.107. The maximum absolute atomic E-state index is 12.3. The van der Waals surface area contributed by atoms with Gasteiger partial charge in [-0.25, -0.2) is 0 Å². The van der Waals surface area contributed by atoms with Gasteiger partial charge in [-0.15, -0.1) is 0 Å². The summed E-state index contributed by atoms with van der Waals surface area (Å²) in [5, 5.41) is 2.84. The summed E-state index contributed by atoms with van der Waals surface area (Å²) in [7, 11) is 0. The second-order valence-corrected chi connectivity index (χ2v) is 9.02. The van der Waals surface area contributed by atoms with E-state index in [-0.39, 0.29) is 12.0 Å². The normalized spacial score (nSPS) is 11.0. The summed E-state index contributed by atoms with van der Waals surface area (Å²) < 4.78 is 12.5. The molecule has 1 aromatic heterocycles. The molecule has 1 N–H and O–H groups in total. The monoisotopic (exact) mass is 474 g/mol. The van der Waals surface area contributed by atoms with Gasteiger partial charge in [0.15, 0.2) is 0 Å². The van der Waals surface area contributed by atoms with E-state index in [0.717, 1.165) is 41.1 Å². The van der Waals surface area contributed by atoms with Crippen LogP contribution in [0.5, 0.6) is 11.5 Å². The number of aromatic nitrogens is 1. The molecule has 0 atom stereocenters. The highest BCUT2D eigenvalue weighted by molar-refractivity contribution is 5.94. The predicted octanol–water partition coefficient (Wildman–Crippen LogP) is 6.61. The quantitative estimate of drug-likeness (QED) is 0.359.